The number of hydrogen-bond donors (Lipinski definition) is 3. The van der Waals surface area contributed by atoms with Gasteiger partial charge in [-0.15, -0.1) is 0 Å². The van der Waals surface area contributed by atoms with E-state index in [-0.39, 0.29) is 48.3 Å². The number of fused-ring (bicyclic) bond motifs is 5. The summed E-state index contributed by atoms with van der Waals surface area (Å²) >= 11 is 0. The second-order valence-corrected chi connectivity index (χ2v) is 14.1. The van der Waals surface area contributed by atoms with Crippen molar-refractivity contribution in [2.45, 2.75) is 130 Å². The van der Waals surface area contributed by atoms with Crippen molar-refractivity contribution in [1.29, 1.82) is 0 Å². The summed E-state index contributed by atoms with van der Waals surface area (Å²) < 4.78 is 11.7. The molecule has 0 spiro atoms. The lowest BCUT2D eigenvalue weighted by Gasteiger charge is -2.66. The van der Waals surface area contributed by atoms with Crippen LogP contribution in [0, 0.1) is 46.3 Å². The molecule has 4 aliphatic carbocycles. The Morgan fingerprint density at radius 1 is 0.974 bits per heavy atom. The van der Waals surface area contributed by atoms with Crippen LogP contribution in [0.2, 0.25) is 0 Å². The lowest BCUT2D eigenvalue weighted by atomic mass is 9.42. The molecule has 0 heterocycles. The molecular weight excluding hydrogens is 484 g/mol. The SMILES string of the molecule is CC(=O)O[C@@H](CCC(C)C)[C@@H](C)[C@H]1CC[C@H]2[C@@H]3C[C@@H](OC(C)=O)[C@@]4(O)C[C@H](O)CC[C@]4(CO)[C@H]3CC[C@]12C. The van der Waals surface area contributed by atoms with Crippen LogP contribution >= 0.6 is 0 Å². The maximum Gasteiger partial charge on any atom is 0.303 e. The lowest BCUT2D eigenvalue weighted by Crippen LogP contribution is -2.71. The van der Waals surface area contributed by atoms with E-state index in [1.54, 1.807) is 0 Å². The first-order chi connectivity index (χ1) is 17.8. The number of hydrogen-bond acceptors (Lipinski definition) is 7. The Balaban J connectivity index is 1.64. The van der Waals surface area contributed by atoms with Gasteiger partial charge in [0.25, 0.3) is 0 Å². The third kappa shape index (κ3) is 4.94. The van der Waals surface area contributed by atoms with E-state index in [1.165, 1.54) is 13.8 Å². The summed E-state index contributed by atoms with van der Waals surface area (Å²) in [6.45, 7) is 11.8. The molecule has 0 radical (unpaired) electrons. The number of aliphatic hydroxyl groups is 3. The van der Waals surface area contributed by atoms with Crippen LogP contribution < -0.4 is 0 Å². The van der Waals surface area contributed by atoms with E-state index in [2.05, 4.69) is 27.7 Å². The molecule has 3 N–H and O–H groups in total. The van der Waals surface area contributed by atoms with Gasteiger partial charge in [0.2, 0.25) is 0 Å². The molecular formula is C31H52O7. The third-order valence-corrected chi connectivity index (χ3v) is 11.7. The predicted molar refractivity (Wildman–Crippen MR) is 144 cm³/mol. The second-order valence-electron chi connectivity index (χ2n) is 14.1. The molecule has 11 atom stereocenters. The molecule has 0 unspecified atom stereocenters. The number of carbonyl (C=O) groups is 2. The van der Waals surface area contributed by atoms with Gasteiger partial charge in [0.1, 0.15) is 17.8 Å². The molecule has 0 aromatic rings. The molecule has 218 valence electrons. The van der Waals surface area contributed by atoms with E-state index < -0.39 is 29.2 Å². The standard InChI is InChI=1S/C31H52O7/c1-18(2)7-10-27(37-20(4)33)19(3)24-8-9-25-23-15-28(38-21(5)34)31(36)16-22(35)11-14-30(31,17-32)26(23)12-13-29(24,25)6/h18-19,22-28,32,35-36H,7-17H2,1-6H3/t19-,22+,23-,24+,25-,26-,27-,28+,29+,30-,31-/m0/s1. The normalized spacial score (nSPS) is 43.9. The van der Waals surface area contributed by atoms with E-state index in [4.69, 9.17) is 9.47 Å². The first-order valence-corrected chi connectivity index (χ1v) is 15.1. The average molecular weight is 537 g/mol. The summed E-state index contributed by atoms with van der Waals surface area (Å²) in [6.07, 6.45) is 6.21. The smallest absolute Gasteiger partial charge is 0.303 e. The van der Waals surface area contributed by atoms with Crippen molar-refractivity contribution in [3.8, 4) is 0 Å². The first kappa shape index (κ1) is 29.8. The number of esters is 2. The Morgan fingerprint density at radius 2 is 1.68 bits per heavy atom. The second kappa shape index (κ2) is 11.0. The molecule has 0 amide bonds. The van der Waals surface area contributed by atoms with Gasteiger partial charge in [0.15, 0.2) is 0 Å². The fourth-order valence-corrected chi connectivity index (χ4v) is 9.99. The van der Waals surface area contributed by atoms with Crippen molar-refractivity contribution in [1.82, 2.24) is 0 Å². The highest BCUT2D eigenvalue weighted by atomic mass is 16.6. The van der Waals surface area contributed by atoms with Crippen molar-refractivity contribution >= 4 is 11.9 Å². The maximum atomic E-state index is 12.2. The van der Waals surface area contributed by atoms with E-state index in [1.807, 2.05) is 0 Å². The molecule has 0 aromatic carbocycles. The highest BCUT2D eigenvalue weighted by Gasteiger charge is 2.70. The van der Waals surface area contributed by atoms with Crippen LogP contribution in [-0.2, 0) is 19.1 Å². The Kier molecular flexibility index (Phi) is 8.63. The van der Waals surface area contributed by atoms with Crippen LogP contribution in [0.25, 0.3) is 0 Å². The average Bonchev–Trinajstić information content (AvgIpc) is 3.18. The van der Waals surface area contributed by atoms with Gasteiger partial charge in [-0.1, -0.05) is 27.7 Å². The Labute approximate surface area is 229 Å². The number of carbonyl (C=O) groups excluding carboxylic acids is 2. The first-order valence-electron chi connectivity index (χ1n) is 15.1. The van der Waals surface area contributed by atoms with Gasteiger partial charge in [0, 0.05) is 25.7 Å². The summed E-state index contributed by atoms with van der Waals surface area (Å²) in [4.78, 5) is 24.2. The van der Waals surface area contributed by atoms with Crippen LogP contribution in [0.15, 0.2) is 0 Å². The minimum absolute atomic E-state index is 0.0534. The van der Waals surface area contributed by atoms with Crippen molar-refractivity contribution in [3.63, 3.8) is 0 Å². The van der Waals surface area contributed by atoms with Gasteiger partial charge in [-0.05, 0) is 98.7 Å². The zero-order chi connectivity index (χ0) is 28.0. The molecule has 7 nitrogen and oxygen atoms in total. The number of ether oxygens (including phenoxy) is 2. The topological polar surface area (TPSA) is 113 Å². The molecule has 7 heteroatoms. The van der Waals surface area contributed by atoms with E-state index in [0.29, 0.717) is 37.0 Å². The molecule has 0 saturated heterocycles. The van der Waals surface area contributed by atoms with Gasteiger partial charge < -0.3 is 24.8 Å². The van der Waals surface area contributed by atoms with E-state index in [9.17, 15) is 24.9 Å². The van der Waals surface area contributed by atoms with Crippen molar-refractivity contribution in [2.75, 3.05) is 6.61 Å². The quantitative estimate of drug-likeness (QED) is 0.387. The van der Waals surface area contributed by atoms with Crippen LogP contribution in [0.1, 0.15) is 106 Å². The Bertz CT molecular complexity index is 874. The summed E-state index contributed by atoms with van der Waals surface area (Å²) in [7, 11) is 0. The molecule has 4 rings (SSSR count). The third-order valence-electron chi connectivity index (χ3n) is 11.7. The Morgan fingerprint density at radius 3 is 2.29 bits per heavy atom. The van der Waals surface area contributed by atoms with Crippen LogP contribution in [0.4, 0.5) is 0 Å². The molecule has 0 aromatic heterocycles. The fraction of sp³-hybridized carbons (Fsp3) is 0.935. The van der Waals surface area contributed by atoms with Crippen LogP contribution in [0.3, 0.4) is 0 Å². The zero-order valence-electron chi connectivity index (χ0n) is 24.4. The molecule has 4 saturated carbocycles. The largest absolute Gasteiger partial charge is 0.462 e. The highest BCUT2D eigenvalue weighted by Crippen LogP contribution is 2.69. The molecule has 4 fully saturated rings. The van der Waals surface area contributed by atoms with Gasteiger partial charge in [-0.25, -0.2) is 0 Å². The number of aliphatic hydroxyl groups excluding tert-OH is 2. The lowest BCUT2D eigenvalue weighted by molar-refractivity contribution is -0.284. The minimum atomic E-state index is -1.43. The van der Waals surface area contributed by atoms with Crippen LogP contribution in [-0.4, -0.2) is 57.8 Å². The van der Waals surface area contributed by atoms with Crippen molar-refractivity contribution < 1.29 is 34.4 Å². The highest BCUT2D eigenvalue weighted by molar-refractivity contribution is 5.66. The molecule has 38 heavy (non-hydrogen) atoms. The van der Waals surface area contributed by atoms with Crippen molar-refractivity contribution in [3.05, 3.63) is 0 Å². The van der Waals surface area contributed by atoms with Crippen LogP contribution in [0.5, 0.6) is 0 Å². The zero-order valence-corrected chi connectivity index (χ0v) is 24.4. The summed E-state index contributed by atoms with van der Waals surface area (Å²) in [5, 5.41) is 33.5. The monoisotopic (exact) mass is 536 g/mol. The molecule has 4 aliphatic rings. The molecule has 0 bridgehead atoms. The predicted octanol–water partition coefficient (Wildman–Crippen LogP) is 4.64. The fourth-order valence-electron chi connectivity index (χ4n) is 9.99. The summed E-state index contributed by atoms with van der Waals surface area (Å²) in [6, 6.07) is 0. The van der Waals surface area contributed by atoms with Gasteiger partial charge >= 0.3 is 11.9 Å². The van der Waals surface area contributed by atoms with Gasteiger partial charge in [-0.2, -0.15) is 0 Å². The number of rotatable bonds is 8. The minimum Gasteiger partial charge on any atom is -0.462 e. The maximum absolute atomic E-state index is 12.2. The summed E-state index contributed by atoms with van der Waals surface area (Å²) in [5.74, 6) is 1.28. The Hall–Kier alpha value is -1.18. The van der Waals surface area contributed by atoms with Crippen molar-refractivity contribution in [2.24, 2.45) is 46.3 Å². The molecule has 0 aliphatic heterocycles. The summed E-state index contributed by atoms with van der Waals surface area (Å²) in [5.41, 5.74) is -2.15. The van der Waals surface area contributed by atoms with Gasteiger partial charge in [0.05, 0.1) is 12.7 Å². The van der Waals surface area contributed by atoms with E-state index >= 15 is 0 Å². The van der Waals surface area contributed by atoms with Gasteiger partial charge in [-0.3, -0.25) is 9.59 Å². The van der Waals surface area contributed by atoms with E-state index in [0.717, 1.165) is 38.5 Å².